The maximum atomic E-state index is 11.5. The Morgan fingerprint density at radius 3 is 2.61 bits per heavy atom. The Bertz CT molecular complexity index is 558. The van der Waals surface area contributed by atoms with Crippen molar-refractivity contribution in [2.45, 2.75) is 19.9 Å². The van der Waals surface area contributed by atoms with Crippen molar-refractivity contribution in [3.05, 3.63) is 51.8 Å². The van der Waals surface area contributed by atoms with E-state index in [1.54, 1.807) is 35.3 Å². The zero-order valence-corrected chi connectivity index (χ0v) is 11.4. The van der Waals surface area contributed by atoms with Gasteiger partial charge in [0.1, 0.15) is 0 Å². The zero-order chi connectivity index (χ0) is 13.1. The Morgan fingerprint density at radius 1 is 1.33 bits per heavy atom. The molecule has 0 saturated carbocycles. The van der Waals surface area contributed by atoms with Crippen molar-refractivity contribution in [3.8, 4) is 0 Å². The molecule has 0 atom stereocenters. The summed E-state index contributed by atoms with van der Waals surface area (Å²) in [6, 6.07) is 5.36. The van der Waals surface area contributed by atoms with Gasteiger partial charge in [-0.05, 0) is 12.1 Å². The van der Waals surface area contributed by atoms with Crippen LogP contribution < -0.4 is 0 Å². The molecule has 1 aromatic carbocycles. The first-order chi connectivity index (χ1) is 8.61. The van der Waals surface area contributed by atoms with Crippen LogP contribution >= 0.6 is 23.2 Å². The number of carbonyl (C=O) groups is 1. The molecular weight excluding hydrogens is 271 g/mol. The number of aromatic nitrogens is 2. The third-order valence-corrected chi connectivity index (χ3v) is 3.37. The van der Waals surface area contributed by atoms with Crippen LogP contribution in [0.25, 0.3) is 0 Å². The van der Waals surface area contributed by atoms with E-state index in [0.29, 0.717) is 28.6 Å². The van der Waals surface area contributed by atoms with Gasteiger partial charge in [-0.15, -0.1) is 0 Å². The molecule has 1 aromatic heterocycles. The van der Waals surface area contributed by atoms with Crippen LogP contribution in [0.3, 0.4) is 0 Å². The highest BCUT2D eigenvalue weighted by Gasteiger charge is 2.09. The second-order valence-corrected chi connectivity index (χ2v) is 4.72. The molecule has 0 aliphatic rings. The lowest BCUT2D eigenvalue weighted by Gasteiger charge is -2.06. The number of benzene rings is 1. The molecule has 1 heterocycles. The van der Waals surface area contributed by atoms with Gasteiger partial charge in [-0.2, -0.15) is 5.10 Å². The van der Waals surface area contributed by atoms with Gasteiger partial charge < -0.3 is 0 Å². The van der Waals surface area contributed by atoms with Crippen LogP contribution in [0.4, 0.5) is 0 Å². The van der Waals surface area contributed by atoms with Gasteiger partial charge in [0.15, 0.2) is 5.78 Å². The van der Waals surface area contributed by atoms with Gasteiger partial charge in [0, 0.05) is 28.2 Å². The summed E-state index contributed by atoms with van der Waals surface area (Å²) in [5, 5.41) is 5.34. The molecule has 2 rings (SSSR count). The maximum Gasteiger partial charge on any atom is 0.165 e. The largest absolute Gasteiger partial charge is 0.294 e. The van der Waals surface area contributed by atoms with Crippen molar-refractivity contribution in [2.24, 2.45) is 0 Å². The minimum absolute atomic E-state index is 0.0755. The van der Waals surface area contributed by atoms with Crippen molar-refractivity contribution < 1.29 is 4.79 Å². The highest BCUT2D eigenvalue weighted by Crippen LogP contribution is 2.24. The van der Waals surface area contributed by atoms with E-state index >= 15 is 0 Å². The molecule has 0 fully saturated rings. The SMILES string of the molecule is CCC(=O)c1cnn(Cc2c(Cl)cccc2Cl)c1. The molecule has 0 amide bonds. The van der Waals surface area contributed by atoms with Crippen LogP contribution in [-0.4, -0.2) is 15.6 Å². The standard InChI is InChI=1S/C13H12Cl2N2O/c1-2-13(18)9-6-16-17(7-9)8-10-11(14)4-3-5-12(10)15/h3-7H,2,8H2,1H3. The molecule has 0 spiro atoms. The normalized spacial score (nSPS) is 10.6. The van der Waals surface area contributed by atoms with Gasteiger partial charge in [0.25, 0.3) is 0 Å². The highest BCUT2D eigenvalue weighted by atomic mass is 35.5. The third kappa shape index (κ3) is 2.74. The summed E-state index contributed by atoms with van der Waals surface area (Å²) < 4.78 is 1.66. The summed E-state index contributed by atoms with van der Waals surface area (Å²) in [4.78, 5) is 11.5. The molecule has 5 heteroatoms. The van der Waals surface area contributed by atoms with E-state index in [1.165, 1.54) is 0 Å². The molecule has 18 heavy (non-hydrogen) atoms. The molecule has 94 valence electrons. The smallest absolute Gasteiger partial charge is 0.165 e. The third-order valence-electron chi connectivity index (χ3n) is 2.66. The lowest BCUT2D eigenvalue weighted by atomic mass is 10.2. The average molecular weight is 283 g/mol. The number of Topliss-reactive ketones (excluding diaryl/α,β-unsaturated/α-hetero) is 1. The summed E-state index contributed by atoms with van der Waals surface area (Å²) in [6.07, 6.45) is 3.75. The van der Waals surface area contributed by atoms with Gasteiger partial charge in [0.2, 0.25) is 0 Å². The minimum Gasteiger partial charge on any atom is -0.294 e. The molecule has 0 bridgehead atoms. The number of carbonyl (C=O) groups excluding carboxylic acids is 1. The van der Waals surface area contributed by atoms with Gasteiger partial charge in [-0.1, -0.05) is 36.2 Å². The first-order valence-electron chi connectivity index (χ1n) is 5.60. The Hall–Kier alpha value is -1.32. The number of rotatable bonds is 4. The predicted octanol–water partition coefficient (Wildman–Crippen LogP) is 3.83. The van der Waals surface area contributed by atoms with E-state index < -0.39 is 0 Å². The topological polar surface area (TPSA) is 34.9 Å². The van der Waals surface area contributed by atoms with E-state index in [9.17, 15) is 4.79 Å². The molecule has 3 nitrogen and oxygen atoms in total. The zero-order valence-electron chi connectivity index (χ0n) is 9.86. The maximum absolute atomic E-state index is 11.5. The van der Waals surface area contributed by atoms with Crippen molar-refractivity contribution in [2.75, 3.05) is 0 Å². The van der Waals surface area contributed by atoms with Crippen LogP contribution in [0.5, 0.6) is 0 Å². The summed E-state index contributed by atoms with van der Waals surface area (Å²) in [5.41, 5.74) is 1.42. The Morgan fingerprint density at radius 2 is 2.00 bits per heavy atom. The number of hydrogen-bond donors (Lipinski definition) is 0. The number of hydrogen-bond acceptors (Lipinski definition) is 2. The van der Waals surface area contributed by atoms with Gasteiger partial charge in [-0.3, -0.25) is 9.48 Å². The highest BCUT2D eigenvalue weighted by molar-refractivity contribution is 6.35. The quantitative estimate of drug-likeness (QED) is 0.799. The van der Waals surface area contributed by atoms with Crippen LogP contribution in [0.1, 0.15) is 29.3 Å². The molecule has 0 radical (unpaired) electrons. The van der Waals surface area contributed by atoms with Crippen molar-refractivity contribution in [1.29, 1.82) is 0 Å². The van der Waals surface area contributed by atoms with Crippen molar-refractivity contribution in [1.82, 2.24) is 9.78 Å². The van der Waals surface area contributed by atoms with Crippen LogP contribution in [0, 0.1) is 0 Å². The number of nitrogens with zero attached hydrogens (tertiary/aromatic N) is 2. The van der Waals surface area contributed by atoms with E-state index in [2.05, 4.69) is 5.10 Å². The lowest BCUT2D eigenvalue weighted by molar-refractivity contribution is 0.0988. The number of ketones is 1. The number of halogens is 2. The fourth-order valence-corrected chi connectivity index (χ4v) is 2.16. The van der Waals surface area contributed by atoms with E-state index in [-0.39, 0.29) is 5.78 Å². The van der Waals surface area contributed by atoms with Crippen LogP contribution in [0.2, 0.25) is 10.0 Å². The Kier molecular flexibility index (Phi) is 4.04. The van der Waals surface area contributed by atoms with Gasteiger partial charge in [0.05, 0.1) is 18.3 Å². The fourth-order valence-electron chi connectivity index (χ4n) is 1.64. The first-order valence-corrected chi connectivity index (χ1v) is 6.36. The monoisotopic (exact) mass is 282 g/mol. The first kappa shape index (κ1) is 13.1. The second-order valence-electron chi connectivity index (χ2n) is 3.90. The summed E-state index contributed by atoms with van der Waals surface area (Å²) in [5.74, 6) is 0.0755. The van der Waals surface area contributed by atoms with Crippen molar-refractivity contribution in [3.63, 3.8) is 0 Å². The fraction of sp³-hybridized carbons (Fsp3) is 0.231. The lowest BCUT2D eigenvalue weighted by Crippen LogP contribution is -2.02. The Labute approximate surface area is 115 Å². The summed E-state index contributed by atoms with van der Waals surface area (Å²) >= 11 is 12.2. The average Bonchev–Trinajstić information content (AvgIpc) is 2.81. The summed E-state index contributed by atoms with van der Waals surface area (Å²) in [7, 11) is 0. The molecule has 0 unspecified atom stereocenters. The molecule has 0 N–H and O–H groups in total. The molecule has 0 aliphatic carbocycles. The molecule has 0 saturated heterocycles. The minimum atomic E-state index is 0.0755. The summed E-state index contributed by atoms with van der Waals surface area (Å²) in [6.45, 7) is 2.28. The molecular formula is C13H12Cl2N2O. The Balaban J connectivity index is 2.24. The van der Waals surface area contributed by atoms with E-state index in [4.69, 9.17) is 23.2 Å². The molecule has 2 aromatic rings. The van der Waals surface area contributed by atoms with Crippen LogP contribution in [0.15, 0.2) is 30.6 Å². The van der Waals surface area contributed by atoms with Gasteiger partial charge in [-0.25, -0.2) is 0 Å². The van der Waals surface area contributed by atoms with Crippen LogP contribution in [-0.2, 0) is 6.54 Å². The molecule has 0 aliphatic heterocycles. The predicted molar refractivity (Wildman–Crippen MR) is 72.4 cm³/mol. The van der Waals surface area contributed by atoms with Gasteiger partial charge >= 0.3 is 0 Å². The van der Waals surface area contributed by atoms with Crippen molar-refractivity contribution >= 4 is 29.0 Å². The second kappa shape index (κ2) is 5.55. The van der Waals surface area contributed by atoms with E-state index in [0.717, 1.165) is 5.56 Å². The van der Waals surface area contributed by atoms with E-state index in [1.807, 2.05) is 6.92 Å².